The van der Waals surface area contributed by atoms with Gasteiger partial charge in [-0.25, -0.2) is 8.42 Å². The molecule has 0 unspecified atom stereocenters. The van der Waals surface area contributed by atoms with Crippen molar-refractivity contribution in [3.63, 3.8) is 0 Å². The predicted molar refractivity (Wildman–Crippen MR) is 109 cm³/mol. The fraction of sp³-hybridized carbons (Fsp3) is 0.650. The van der Waals surface area contributed by atoms with E-state index in [1.165, 1.54) is 43.1 Å². The highest BCUT2D eigenvalue weighted by atomic mass is 32.2. The number of anilines is 1. The van der Waals surface area contributed by atoms with Crippen LogP contribution in [0.5, 0.6) is 0 Å². The smallest absolute Gasteiger partial charge is 0.251 e. The maximum atomic E-state index is 12.5. The Bertz CT molecular complexity index is 728. The SMILES string of the molecule is O=C(NCCCN1CCCCCC1)c1cccc(N2CCCCS2(=O)=O)c1. The molecule has 0 atom stereocenters. The lowest BCUT2D eigenvalue weighted by Crippen LogP contribution is -2.38. The zero-order chi connectivity index (χ0) is 19.1. The van der Waals surface area contributed by atoms with Crippen LogP contribution in [0.4, 0.5) is 5.69 Å². The molecule has 2 saturated heterocycles. The number of carbonyl (C=O) groups is 1. The minimum absolute atomic E-state index is 0.137. The Labute approximate surface area is 163 Å². The Morgan fingerprint density at radius 2 is 1.74 bits per heavy atom. The van der Waals surface area contributed by atoms with Crippen LogP contribution in [-0.2, 0) is 10.0 Å². The van der Waals surface area contributed by atoms with Crippen LogP contribution in [0.3, 0.4) is 0 Å². The second kappa shape index (κ2) is 9.55. The molecule has 0 aliphatic carbocycles. The molecule has 2 aliphatic heterocycles. The van der Waals surface area contributed by atoms with Gasteiger partial charge in [0.25, 0.3) is 5.91 Å². The van der Waals surface area contributed by atoms with E-state index in [-0.39, 0.29) is 11.7 Å². The summed E-state index contributed by atoms with van der Waals surface area (Å²) in [5.74, 6) is 0.0436. The molecule has 3 rings (SSSR count). The number of nitrogens with one attached hydrogen (secondary N) is 1. The van der Waals surface area contributed by atoms with Crippen LogP contribution in [0.1, 0.15) is 55.3 Å². The molecule has 0 bridgehead atoms. The molecule has 2 heterocycles. The van der Waals surface area contributed by atoms with Crippen molar-refractivity contribution >= 4 is 21.6 Å². The highest BCUT2D eigenvalue weighted by molar-refractivity contribution is 7.92. The molecule has 0 radical (unpaired) electrons. The molecule has 0 saturated carbocycles. The van der Waals surface area contributed by atoms with Crippen LogP contribution in [-0.4, -0.2) is 57.7 Å². The third kappa shape index (κ3) is 5.69. The number of benzene rings is 1. The highest BCUT2D eigenvalue weighted by Gasteiger charge is 2.26. The molecule has 7 heteroatoms. The maximum absolute atomic E-state index is 12.5. The number of likely N-dealkylation sites (tertiary alicyclic amines) is 1. The monoisotopic (exact) mass is 393 g/mol. The normalized spacial score (nSPS) is 20.8. The van der Waals surface area contributed by atoms with Gasteiger partial charge in [-0.3, -0.25) is 9.10 Å². The van der Waals surface area contributed by atoms with Crippen LogP contribution < -0.4 is 9.62 Å². The number of amides is 1. The minimum Gasteiger partial charge on any atom is -0.352 e. The van der Waals surface area contributed by atoms with Gasteiger partial charge in [0.1, 0.15) is 0 Å². The van der Waals surface area contributed by atoms with Gasteiger partial charge in [0.15, 0.2) is 0 Å². The third-order valence-electron chi connectivity index (χ3n) is 5.38. The lowest BCUT2D eigenvalue weighted by atomic mass is 10.2. The number of carbonyl (C=O) groups excluding carboxylic acids is 1. The molecule has 1 amide bonds. The van der Waals surface area contributed by atoms with Crippen LogP contribution in [0.15, 0.2) is 24.3 Å². The summed E-state index contributed by atoms with van der Waals surface area (Å²) in [6.07, 6.45) is 7.71. The molecule has 0 spiro atoms. The van der Waals surface area contributed by atoms with E-state index >= 15 is 0 Å². The second-order valence-electron chi connectivity index (χ2n) is 7.51. The molecule has 2 aliphatic rings. The van der Waals surface area contributed by atoms with Gasteiger partial charge >= 0.3 is 0 Å². The van der Waals surface area contributed by atoms with Crippen LogP contribution in [0.25, 0.3) is 0 Å². The summed E-state index contributed by atoms with van der Waals surface area (Å²) in [6, 6.07) is 6.95. The van der Waals surface area contributed by atoms with E-state index in [0.717, 1.165) is 19.4 Å². The Balaban J connectivity index is 1.51. The number of sulfonamides is 1. The first-order valence-electron chi connectivity index (χ1n) is 10.2. The minimum atomic E-state index is -3.26. The van der Waals surface area contributed by atoms with E-state index in [0.29, 0.717) is 30.8 Å². The van der Waals surface area contributed by atoms with E-state index in [1.54, 1.807) is 24.3 Å². The molecule has 1 N–H and O–H groups in total. The molecular formula is C20H31N3O3S. The number of nitrogens with zero attached hydrogens (tertiary/aromatic N) is 2. The first kappa shape index (κ1) is 20.1. The Hall–Kier alpha value is -1.60. The fourth-order valence-electron chi connectivity index (χ4n) is 3.85. The quantitative estimate of drug-likeness (QED) is 0.755. The largest absolute Gasteiger partial charge is 0.352 e. The van der Waals surface area contributed by atoms with E-state index < -0.39 is 10.0 Å². The molecule has 0 aromatic heterocycles. The summed E-state index contributed by atoms with van der Waals surface area (Å²) in [6.45, 7) is 4.48. The van der Waals surface area contributed by atoms with Crippen molar-refractivity contribution in [1.29, 1.82) is 0 Å². The van der Waals surface area contributed by atoms with Crippen molar-refractivity contribution in [2.45, 2.75) is 44.9 Å². The maximum Gasteiger partial charge on any atom is 0.251 e. The number of hydrogen-bond acceptors (Lipinski definition) is 4. The van der Waals surface area contributed by atoms with Crippen molar-refractivity contribution in [3.05, 3.63) is 29.8 Å². The van der Waals surface area contributed by atoms with Crippen molar-refractivity contribution in [3.8, 4) is 0 Å². The van der Waals surface area contributed by atoms with Gasteiger partial charge in [0, 0.05) is 18.7 Å². The van der Waals surface area contributed by atoms with Gasteiger partial charge in [-0.05, 0) is 69.9 Å². The number of hydrogen-bond donors (Lipinski definition) is 1. The third-order valence-corrected chi connectivity index (χ3v) is 7.25. The van der Waals surface area contributed by atoms with Crippen molar-refractivity contribution < 1.29 is 13.2 Å². The van der Waals surface area contributed by atoms with Crippen LogP contribution >= 0.6 is 0 Å². The molecule has 2 fully saturated rings. The summed E-state index contributed by atoms with van der Waals surface area (Å²) < 4.78 is 26.0. The lowest BCUT2D eigenvalue weighted by Gasteiger charge is -2.28. The zero-order valence-corrected chi connectivity index (χ0v) is 16.8. The standard InChI is InChI=1S/C20H31N3O3S/c24-20(21-11-8-14-22-12-3-1-2-4-13-22)18-9-7-10-19(17-18)23-15-5-6-16-27(23,25)26/h7,9-10,17H,1-6,8,11-16H2,(H,21,24). The van der Waals surface area contributed by atoms with Gasteiger partial charge in [-0.15, -0.1) is 0 Å². The van der Waals surface area contributed by atoms with E-state index in [9.17, 15) is 13.2 Å². The second-order valence-corrected chi connectivity index (χ2v) is 9.52. The highest BCUT2D eigenvalue weighted by Crippen LogP contribution is 2.24. The number of rotatable bonds is 6. The molecule has 27 heavy (non-hydrogen) atoms. The Morgan fingerprint density at radius 3 is 2.48 bits per heavy atom. The summed E-state index contributed by atoms with van der Waals surface area (Å²) in [4.78, 5) is 14.9. The first-order chi connectivity index (χ1) is 13.1. The molecule has 1 aromatic carbocycles. The zero-order valence-electron chi connectivity index (χ0n) is 16.0. The molecular weight excluding hydrogens is 362 g/mol. The summed E-state index contributed by atoms with van der Waals surface area (Å²) in [5.41, 5.74) is 1.11. The summed E-state index contributed by atoms with van der Waals surface area (Å²) in [7, 11) is -3.26. The average molecular weight is 394 g/mol. The van der Waals surface area contributed by atoms with E-state index in [2.05, 4.69) is 10.2 Å². The molecule has 1 aromatic rings. The van der Waals surface area contributed by atoms with E-state index in [1.807, 2.05) is 0 Å². The fourth-order valence-corrected chi connectivity index (χ4v) is 5.48. The summed E-state index contributed by atoms with van der Waals surface area (Å²) >= 11 is 0. The van der Waals surface area contributed by atoms with Gasteiger partial charge in [0.2, 0.25) is 10.0 Å². The first-order valence-corrected chi connectivity index (χ1v) is 11.8. The Kier molecular flexibility index (Phi) is 7.13. The van der Waals surface area contributed by atoms with Gasteiger partial charge < -0.3 is 10.2 Å². The van der Waals surface area contributed by atoms with Gasteiger partial charge in [0.05, 0.1) is 11.4 Å². The van der Waals surface area contributed by atoms with Gasteiger partial charge in [-0.2, -0.15) is 0 Å². The van der Waals surface area contributed by atoms with Gasteiger partial charge in [-0.1, -0.05) is 18.9 Å². The van der Waals surface area contributed by atoms with Crippen molar-refractivity contribution in [1.82, 2.24) is 10.2 Å². The van der Waals surface area contributed by atoms with Crippen molar-refractivity contribution in [2.24, 2.45) is 0 Å². The lowest BCUT2D eigenvalue weighted by molar-refractivity contribution is 0.0951. The van der Waals surface area contributed by atoms with Crippen LogP contribution in [0.2, 0.25) is 0 Å². The summed E-state index contributed by atoms with van der Waals surface area (Å²) in [5, 5.41) is 2.97. The predicted octanol–water partition coefficient (Wildman–Crippen LogP) is 2.61. The molecule has 6 nitrogen and oxygen atoms in total. The average Bonchev–Trinajstić information content (AvgIpc) is 2.93. The van der Waals surface area contributed by atoms with E-state index in [4.69, 9.17) is 0 Å². The van der Waals surface area contributed by atoms with Crippen molar-refractivity contribution in [2.75, 3.05) is 42.8 Å². The van der Waals surface area contributed by atoms with Crippen LogP contribution in [0, 0.1) is 0 Å². The topological polar surface area (TPSA) is 69.7 Å². The Morgan fingerprint density at radius 1 is 1.00 bits per heavy atom. The molecule has 150 valence electrons.